The van der Waals surface area contributed by atoms with Crippen LogP contribution in [0.1, 0.15) is 6.92 Å². The zero-order valence-electron chi connectivity index (χ0n) is 7.47. The van der Waals surface area contributed by atoms with Gasteiger partial charge in [0, 0.05) is 12.5 Å². The van der Waals surface area contributed by atoms with Gasteiger partial charge in [-0.15, -0.1) is 0 Å². The summed E-state index contributed by atoms with van der Waals surface area (Å²) in [7, 11) is 5.02. The molecule has 1 saturated carbocycles. The molecule has 1 rings (SSSR count). The largest absolute Gasteiger partial charge is 0.447 e. The van der Waals surface area contributed by atoms with E-state index in [0.29, 0.717) is 12.5 Å². The average Bonchev–Trinajstić information content (AvgIpc) is 2.23. The van der Waals surface area contributed by atoms with E-state index in [9.17, 15) is 0 Å². The van der Waals surface area contributed by atoms with Crippen LogP contribution in [0.25, 0.3) is 0 Å². The molecule has 1 nitrogen and oxygen atoms in total. The molecule has 62 valence electrons. The van der Waals surface area contributed by atoms with Crippen molar-refractivity contribution in [2.24, 2.45) is 11.8 Å². The van der Waals surface area contributed by atoms with Crippen LogP contribution in [0.2, 0.25) is 0 Å². The lowest BCUT2D eigenvalue weighted by molar-refractivity contribution is 0.272. The molecule has 0 heterocycles. The van der Waals surface area contributed by atoms with Crippen LogP contribution in [0.15, 0.2) is 36.5 Å². The monoisotopic (exact) mass is 160 g/mol. The van der Waals surface area contributed by atoms with E-state index in [1.165, 1.54) is 0 Å². The summed E-state index contributed by atoms with van der Waals surface area (Å²) in [5, 5.41) is 0. The molecule has 0 aromatic carbocycles. The Kier molecular flexibility index (Phi) is 2.58. The van der Waals surface area contributed by atoms with Gasteiger partial charge in [0.05, 0.1) is 0 Å². The van der Waals surface area contributed by atoms with E-state index in [0.717, 1.165) is 16.7 Å². The van der Waals surface area contributed by atoms with Crippen molar-refractivity contribution < 1.29 is 4.65 Å². The van der Waals surface area contributed by atoms with Crippen LogP contribution >= 0.6 is 0 Å². The third kappa shape index (κ3) is 1.27. The van der Waals surface area contributed by atoms with Crippen molar-refractivity contribution in [2.45, 2.75) is 6.92 Å². The average molecular weight is 160 g/mol. The van der Waals surface area contributed by atoms with Gasteiger partial charge in [-0.2, -0.15) is 0 Å². The summed E-state index contributed by atoms with van der Waals surface area (Å²) in [6.45, 7) is 14.4. The SMILES string of the molecule is [B]OCC1C(=C)C(=C)C(=C)C1C. The van der Waals surface area contributed by atoms with Crippen molar-refractivity contribution >= 4 is 8.05 Å². The lowest BCUT2D eigenvalue weighted by atomic mass is 9.95. The molecule has 1 aliphatic rings. The highest BCUT2D eigenvalue weighted by atomic mass is 16.4. The number of hydrogen-bond donors (Lipinski definition) is 0. The normalized spacial score (nSPS) is 29.9. The van der Waals surface area contributed by atoms with Crippen molar-refractivity contribution in [3.05, 3.63) is 36.5 Å². The molecule has 0 saturated heterocycles. The van der Waals surface area contributed by atoms with Gasteiger partial charge in [0.25, 0.3) is 8.05 Å². The molecule has 0 amide bonds. The van der Waals surface area contributed by atoms with E-state index in [1.807, 2.05) is 0 Å². The molecule has 0 aromatic heterocycles. The summed E-state index contributed by atoms with van der Waals surface area (Å²) in [4.78, 5) is 0. The van der Waals surface area contributed by atoms with Crippen LogP contribution in [-0.2, 0) is 4.65 Å². The van der Waals surface area contributed by atoms with Crippen LogP contribution in [0.5, 0.6) is 0 Å². The van der Waals surface area contributed by atoms with Gasteiger partial charge in [0.1, 0.15) is 0 Å². The molecule has 0 aliphatic heterocycles. The summed E-state index contributed by atoms with van der Waals surface area (Å²) in [5.74, 6) is 0.614. The summed E-state index contributed by atoms with van der Waals surface area (Å²) in [5.41, 5.74) is 3.03. The van der Waals surface area contributed by atoms with Crippen molar-refractivity contribution in [1.82, 2.24) is 0 Å². The van der Waals surface area contributed by atoms with Crippen LogP contribution in [0.4, 0.5) is 0 Å². The van der Waals surface area contributed by atoms with E-state index in [1.54, 1.807) is 0 Å². The number of allylic oxidation sites excluding steroid dienone is 2. The molecule has 0 spiro atoms. The van der Waals surface area contributed by atoms with Gasteiger partial charge in [0.15, 0.2) is 0 Å². The molecule has 2 unspecified atom stereocenters. The first-order chi connectivity index (χ1) is 5.59. The first kappa shape index (κ1) is 9.33. The third-order valence-corrected chi connectivity index (χ3v) is 2.65. The Labute approximate surface area is 75.2 Å². The fourth-order valence-electron chi connectivity index (χ4n) is 1.60. The molecule has 2 radical (unpaired) electrons. The molecule has 0 N–H and O–H groups in total. The maximum Gasteiger partial charge on any atom is 0.282 e. The summed E-state index contributed by atoms with van der Waals surface area (Å²) >= 11 is 0. The molecule has 0 bridgehead atoms. The molecule has 2 heteroatoms. The second-order valence-electron chi connectivity index (χ2n) is 3.26. The van der Waals surface area contributed by atoms with E-state index in [4.69, 9.17) is 8.05 Å². The molecule has 12 heavy (non-hydrogen) atoms. The third-order valence-electron chi connectivity index (χ3n) is 2.65. The molecule has 1 aliphatic carbocycles. The van der Waals surface area contributed by atoms with Crippen molar-refractivity contribution in [2.75, 3.05) is 6.61 Å². The molecular formula is C10H13BO. The summed E-state index contributed by atoms with van der Waals surface area (Å²) in [6, 6.07) is 0. The van der Waals surface area contributed by atoms with Crippen molar-refractivity contribution in [3.63, 3.8) is 0 Å². The Morgan fingerprint density at radius 1 is 1.33 bits per heavy atom. The second-order valence-corrected chi connectivity index (χ2v) is 3.26. The van der Waals surface area contributed by atoms with Crippen molar-refractivity contribution in [1.29, 1.82) is 0 Å². The predicted molar refractivity (Wildman–Crippen MR) is 51.8 cm³/mol. The van der Waals surface area contributed by atoms with Crippen LogP contribution in [0, 0.1) is 11.8 Å². The highest BCUT2D eigenvalue weighted by molar-refractivity contribution is 5.97. The maximum atomic E-state index is 5.02. The minimum absolute atomic E-state index is 0.259. The first-order valence-corrected chi connectivity index (χ1v) is 3.98. The van der Waals surface area contributed by atoms with Crippen LogP contribution in [-0.4, -0.2) is 14.7 Å². The maximum absolute atomic E-state index is 5.02. The lowest BCUT2D eigenvalue weighted by Gasteiger charge is -2.14. The van der Waals surface area contributed by atoms with E-state index >= 15 is 0 Å². The van der Waals surface area contributed by atoms with Gasteiger partial charge in [-0.05, 0) is 22.6 Å². The van der Waals surface area contributed by atoms with Crippen LogP contribution < -0.4 is 0 Å². The van der Waals surface area contributed by atoms with Gasteiger partial charge >= 0.3 is 0 Å². The van der Waals surface area contributed by atoms with Crippen LogP contribution in [0.3, 0.4) is 0 Å². The number of rotatable bonds is 2. The fourth-order valence-corrected chi connectivity index (χ4v) is 1.60. The Morgan fingerprint density at radius 2 is 1.92 bits per heavy atom. The molecule has 0 aromatic rings. The Balaban J connectivity index is 2.83. The van der Waals surface area contributed by atoms with Gasteiger partial charge in [-0.25, -0.2) is 0 Å². The van der Waals surface area contributed by atoms with E-state index in [-0.39, 0.29) is 5.92 Å². The van der Waals surface area contributed by atoms with Crippen molar-refractivity contribution in [3.8, 4) is 0 Å². The first-order valence-electron chi connectivity index (χ1n) is 3.98. The zero-order valence-corrected chi connectivity index (χ0v) is 7.47. The zero-order chi connectivity index (χ0) is 9.30. The minimum Gasteiger partial charge on any atom is -0.447 e. The molecule has 2 atom stereocenters. The van der Waals surface area contributed by atoms with Gasteiger partial charge in [0.2, 0.25) is 0 Å². The smallest absolute Gasteiger partial charge is 0.282 e. The summed E-state index contributed by atoms with van der Waals surface area (Å²) in [6.07, 6.45) is 0. The Morgan fingerprint density at radius 3 is 2.25 bits per heavy atom. The topological polar surface area (TPSA) is 9.23 Å². The standard InChI is InChI=1S/C10H13BO/c1-6-7(2)9(4)10(5-12-11)8(6)3/h9-10H,1-3,5H2,4H3. The Bertz CT molecular complexity index is 242. The summed E-state index contributed by atoms with van der Waals surface area (Å²) < 4.78 is 4.62. The van der Waals surface area contributed by atoms with E-state index < -0.39 is 0 Å². The highest BCUT2D eigenvalue weighted by Gasteiger charge is 2.32. The minimum atomic E-state index is 0.259. The van der Waals surface area contributed by atoms with Gasteiger partial charge in [-0.1, -0.05) is 26.7 Å². The molecule has 1 fully saturated rings. The lowest BCUT2D eigenvalue weighted by Crippen LogP contribution is -2.12. The second kappa shape index (κ2) is 3.32. The number of hydrogen-bond acceptors (Lipinski definition) is 1. The van der Waals surface area contributed by atoms with E-state index in [2.05, 4.69) is 31.3 Å². The fraction of sp³-hybridized carbons (Fsp3) is 0.400. The highest BCUT2D eigenvalue weighted by Crippen LogP contribution is 2.41. The Hall–Kier alpha value is -0.755. The quantitative estimate of drug-likeness (QED) is 0.561. The van der Waals surface area contributed by atoms with Gasteiger partial charge < -0.3 is 4.65 Å². The van der Waals surface area contributed by atoms with Gasteiger partial charge in [-0.3, -0.25) is 0 Å². The molecular weight excluding hydrogens is 147 g/mol. The predicted octanol–water partition coefficient (Wildman–Crippen LogP) is 2.02.